The molecule has 4 heterocycles. The zero-order chi connectivity index (χ0) is 40.4. The van der Waals surface area contributed by atoms with E-state index < -0.39 is 41.9 Å². The maximum absolute atomic E-state index is 15.7. The number of carbonyl (C=O) groups excluding carboxylic acids is 3. The summed E-state index contributed by atoms with van der Waals surface area (Å²) in [5.74, 6) is -0.819. The van der Waals surface area contributed by atoms with E-state index in [9.17, 15) is 24.3 Å². The van der Waals surface area contributed by atoms with Crippen molar-refractivity contribution in [3.05, 3.63) is 108 Å². The SMILES string of the molecule is COC(=O)N[C@@H](C)C(=O)N1CCC[C@H]1c1ncc(-c2ccc(-c3ccc(-c4cnc([C@@H]5CCCN5C(=O)[C@@H](c5ccccc5)N(C)C(=O)O)[nH]4)c(F)c3)cc2F)[nH]1. The fourth-order valence-electron chi connectivity index (χ4n) is 7.72. The Kier molecular flexibility index (Phi) is 11.0. The number of benzene rings is 3. The molecule has 0 unspecified atom stereocenters. The molecule has 2 aliphatic heterocycles. The molecule has 2 aliphatic rings. The number of likely N-dealkylation sites (N-methyl/N-ethyl adjacent to an activating group) is 1. The van der Waals surface area contributed by atoms with Gasteiger partial charge in [-0.05, 0) is 73.6 Å². The summed E-state index contributed by atoms with van der Waals surface area (Å²) in [6.45, 7) is 2.47. The molecule has 3 aromatic carbocycles. The molecule has 0 aliphatic carbocycles. The maximum Gasteiger partial charge on any atom is 0.407 e. The van der Waals surface area contributed by atoms with Crippen LogP contribution in [-0.4, -0.2) is 97.0 Å². The number of carboxylic acid groups (broad SMARTS) is 1. The summed E-state index contributed by atoms with van der Waals surface area (Å²) < 4.78 is 36.0. The van der Waals surface area contributed by atoms with Gasteiger partial charge in [0.1, 0.15) is 35.4 Å². The number of aromatic amines is 2. The third-order valence-corrected chi connectivity index (χ3v) is 10.7. The van der Waals surface area contributed by atoms with Crippen LogP contribution in [0, 0.1) is 11.6 Å². The van der Waals surface area contributed by atoms with Gasteiger partial charge in [0.15, 0.2) is 0 Å². The Hall–Kier alpha value is -6.58. The lowest BCUT2D eigenvalue weighted by Gasteiger charge is -2.32. The van der Waals surface area contributed by atoms with Crippen LogP contribution in [0.2, 0.25) is 0 Å². The summed E-state index contributed by atoms with van der Waals surface area (Å²) in [6.07, 6.45) is 3.73. The lowest BCUT2D eigenvalue weighted by atomic mass is 10.00. The number of H-pyrrole nitrogens is 2. The van der Waals surface area contributed by atoms with Gasteiger partial charge in [-0.3, -0.25) is 14.5 Å². The van der Waals surface area contributed by atoms with Gasteiger partial charge >= 0.3 is 12.2 Å². The molecule has 2 aromatic heterocycles. The molecule has 7 rings (SSSR count). The van der Waals surface area contributed by atoms with Crippen LogP contribution >= 0.6 is 0 Å². The third kappa shape index (κ3) is 7.79. The topological polar surface area (TPSA) is 177 Å². The minimum atomic E-state index is -1.23. The van der Waals surface area contributed by atoms with Crippen LogP contribution < -0.4 is 5.32 Å². The summed E-state index contributed by atoms with van der Waals surface area (Å²) >= 11 is 0. The first kappa shape index (κ1) is 38.7. The first-order valence-electron chi connectivity index (χ1n) is 18.6. The second kappa shape index (κ2) is 16.3. The van der Waals surface area contributed by atoms with Gasteiger partial charge in [0, 0.05) is 31.3 Å². The number of amides is 4. The molecule has 0 saturated carbocycles. The van der Waals surface area contributed by atoms with Crippen molar-refractivity contribution >= 4 is 24.0 Å². The summed E-state index contributed by atoms with van der Waals surface area (Å²) in [6, 6.07) is 15.2. The van der Waals surface area contributed by atoms with E-state index in [4.69, 9.17) is 0 Å². The number of carbonyl (C=O) groups is 4. The molecule has 0 bridgehead atoms. The molecule has 5 aromatic rings. The molecule has 16 heteroatoms. The number of nitrogens with zero attached hydrogens (tertiary/aromatic N) is 5. The number of hydrogen-bond donors (Lipinski definition) is 4. The Bertz CT molecular complexity index is 2300. The monoisotopic (exact) mass is 780 g/mol. The van der Waals surface area contributed by atoms with Crippen LogP contribution in [0.5, 0.6) is 0 Å². The number of alkyl carbamates (subject to hydrolysis) is 1. The summed E-state index contributed by atoms with van der Waals surface area (Å²) in [5, 5.41) is 12.3. The van der Waals surface area contributed by atoms with Crippen molar-refractivity contribution in [2.75, 3.05) is 27.2 Å². The highest BCUT2D eigenvalue weighted by atomic mass is 19.1. The molecule has 0 radical (unpaired) electrons. The summed E-state index contributed by atoms with van der Waals surface area (Å²) in [5.41, 5.74) is 2.74. The number of nitrogens with one attached hydrogen (secondary N) is 3. The number of aromatic nitrogens is 4. The number of methoxy groups -OCH3 is 1. The number of ether oxygens (including phenoxy) is 1. The second-order valence-electron chi connectivity index (χ2n) is 14.2. The van der Waals surface area contributed by atoms with Crippen molar-refractivity contribution < 1.29 is 37.8 Å². The number of hydrogen-bond acceptors (Lipinski definition) is 7. The number of halogens is 2. The molecule has 0 spiro atoms. The van der Waals surface area contributed by atoms with Crippen molar-refractivity contribution in [1.82, 2.24) is 40.0 Å². The highest BCUT2D eigenvalue weighted by molar-refractivity contribution is 5.87. The zero-order valence-corrected chi connectivity index (χ0v) is 31.5. The van der Waals surface area contributed by atoms with Crippen LogP contribution in [0.3, 0.4) is 0 Å². The van der Waals surface area contributed by atoms with E-state index in [1.54, 1.807) is 71.3 Å². The average Bonchev–Trinajstić information content (AvgIpc) is 4.05. The number of likely N-dealkylation sites (tertiary alicyclic amines) is 2. The normalized spacial score (nSPS) is 17.6. The van der Waals surface area contributed by atoms with Crippen LogP contribution in [-0.2, 0) is 14.3 Å². The van der Waals surface area contributed by atoms with Crippen LogP contribution in [0.1, 0.15) is 67.9 Å². The fourth-order valence-corrected chi connectivity index (χ4v) is 7.72. The van der Waals surface area contributed by atoms with Gasteiger partial charge < -0.3 is 34.9 Å². The lowest BCUT2D eigenvalue weighted by molar-refractivity contribution is -0.137. The Morgan fingerprint density at radius 1 is 0.825 bits per heavy atom. The van der Waals surface area contributed by atoms with E-state index in [1.165, 1.54) is 38.7 Å². The number of imidazole rings is 2. The minimum absolute atomic E-state index is 0.234. The number of rotatable bonds is 10. The first-order chi connectivity index (χ1) is 27.4. The predicted molar refractivity (Wildman–Crippen MR) is 204 cm³/mol. The van der Waals surface area contributed by atoms with Crippen LogP contribution in [0.15, 0.2) is 79.1 Å². The van der Waals surface area contributed by atoms with E-state index in [-0.39, 0.29) is 29.0 Å². The Labute approximate surface area is 326 Å². The van der Waals surface area contributed by atoms with E-state index in [0.29, 0.717) is 72.1 Å². The molecule has 14 nitrogen and oxygen atoms in total. The molecule has 4 atom stereocenters. The molecule has 4 amide bonds. The Morgan fingerprint density at radius 3 is 1.81 bits per heavy atom. The van der Waals surface area contributed by atoms with Gasteiger partial charge in [-0.15, -0.1) is 0 Å². The van der Waals surface area contributed by atoms with Gasteiger partial charge in [0.25, 0.3) is 5.91 Å². The maximum atomic E-state index is 15.7. The molecule has 57 heavy (non-hydrogen) atoms. The molecule has 296 valence electrons. The van der Waals surface area contributed by atoms with Crippen molar-refractivity contribution in [1.29, 1.82) is 0 Å². The summed E-state index contributed by atoms with van der Waals surface area (Å²) in [7, 11) is 2.59. The van der Waals surface area contributed by atoms with Crippen molar-refractivity contribution in [3.8, 4) is 33.6 Å². The predicted octanol–water partition coefficient (Wildman–Crippen LogP) is 6.83. The second-order valence-corrected chi connectivity index (χ2v) is 14.2. The fraction of sp³-hybridized carbons (Fsp3) is 0.317. The van der Waals surface area contributed by atoms with Crippen molar-refractivity contribution in [2.45, 2.75) is 56.8 Å². The van der Waals surface area contributed by atoms with Gasteiger partial charge in [0.05, 0.1) is 43.0 Å². The van der Waals surface area contributed by atoms with Gasteiger partial charge in [-0.25, -0.2) is 28.3 Å². The van der Waals surface area contributed by atoms with Crippen molar-refractivity contribution in [2.24, 2.45) is 0 Å². The Morgan fingerprint density at radius 2 is 1.33 bits per heavy atom. The standard InChI is InChI=1S/C41H42F2N8O6/c1-23(46-40(54)57-3)38(52)50-17-7-11-33(50)36-44-21-31(47-36)27-15-13-25(19-29(27)42)26-14-16-28(30(43)20-26)32-22-45-37(48-32)34-12-8-18-51(34)39(53)35(49(2)41(55)56)24-9-5-4-6-10-24/h4-6,9-10,13-16,19-23,33-35H,7-8,11-12,17-18H2,1-3H3,(H,44,47)(H,45,48)(H,46,54)(H,55,56)/t23-,33-,34-,35+/m0/s1. The van der Waals surface area contributed by atoms with E-state index >= 15 is 8.78 Å². The quantitative estimate of drug-likeness (QED) is 0.119. The molecule has 2 fully saturated rings. The van der Waals surface area contributed by atoms with E-state index in [0.717, 1.165) is 11.3 Å². The molecular weight excluding hydrogens is 738 g/mol. The lowest BCUT2D eigenvalue weighted by Crippen LogP contribution is -2.46. The molecule has 4 N–H and O–H groups in total. The highest BCUT2D eigenvalue weighted by Crippen LogP contribution is 2.37. The highest BCUT2D eigenvalue weighted by Gasteiger charge is 2.39. The van der Waals surface area contributed by atoms with E-state index in [1.807, 2.05) is 0 Å². The van der Waals surface area contributed by atoms with Gasteiger partial charge in [-0.2, -0.15) is 0 Å². The Balaban J connectivity index is 1.05. The van der Waals surface area contributed by atoms with Crippen LogP contribution in [0.4, 0.5) is 18.4 Å². The average molecular weight is 781 g/mol. The first-order valence-corrected chi connectivity index (χ1v) is 18.6. The van der Waals surface area contributed by atoms with Crippen LogP contribution in [0.25, 0.3) is 33.6 Å². The van der Waals surface area contributed by atoms with E-state index in [2.05, 4.69) is 30.0 Å². The van der Waals surface area contributed by atoms with Crippen molar-refractivity contribution in [3.63, 3.8) is 0 Å². The molecular formula is C41H42F2N8O6. The summed E-state index contributed by atoms with van der Waals surface area (Å²) in [4.78, 5) is 70.2. The minimum Gasteiger partial charge on any atom is -0.465 e. The zero-order valence-electron chi connectivity index (χ0n) is 31.5. The van der Waals surface area contributed by atoms with Gasteiger partial charge in [-0.1, -0.05) is 42.5 Å². The third-order valence-electron chi connectivity index (χ3n) is 10.7. The molecule has 2 saturated heterocycles. The smallest absolute Gasteiger partial charge is 0.407 e. The van der Waals surface area contributed by atoms with Gasteiger partial charge in [0.2, 0.25) is 5.91 Å². The largest absolute Gasteiger partial charge is 0.465 e.